The average Bonchev–Trinajstić information content (AvgIpc) is 2.64. The van der Waals surface area contributed by atoms with Crippen LogP contribution in [0.5, 0.6) is 0 Å². The largest absolute Gasteiger partial charge is 0.444 e. The third kappa shape index (κ3) is 7.91. The minimum absolute atomic E-state index is 0.262. The van der Waals surface area contributed by atoms with Crippen LogP contribution in [0.15, 0.2) is 4.99 Å². The molecule has 0 spiro atoms. The highest BCUT2D eigenvalue weighted by atomic mass is 16.6. The maximum Gasteiger partial charge on any atom is 0.410 e. The number of aliphatic imine (C=N–C) groups is 1. The van der Waals surface area contributed by atoms with Crippen molar-refractivity contribution in [1.29, 1.82) is 0 Å². The Morgan fingerprint density at radius 2 is 1.37 bits per heavy atom. The molecule has 2 N–H and O–H groups in total. The van der Waals surface area contributed by atoms with E-state index >= 15 is 0 Å². The number of likely N-dealkylation sites (tertiary alicyclic amines) is 1. The molecule has 9 nitrogen and oxygen atoms in total. The summed E-state index contributed by atoms with van der Waals surface area (Å²) in [4.78, 5) is 34.5. The standard InChI is InChI=1S/C21H39N5O4/c1-20(2,3)29-18(27)25-12-10-24(11-13-25)17(22)23-14-16-8-7-9-26(15-16)19(28)30-21(4,5)6/h16H,7-15H2,1-6H3,(H2,22,23). The van der Waals surface area contributed by atoms with Crippen molar-refractivity contribution >= 4 is 18.1 Å². The van der Waals surface area contributed by atoms with Crippen molar-refractivity contribution in [2.75, 3.05) is 45.8 Å². The van der Waals surface area contributed by atoms with Crippen molar-refractivity contribution in [3.8, 4) is 0 Å². The van der Waals surface area contributed by atoms with Crippen LogP contribution in [0.3, 0.4) is 0 Å². The van der Waals surface area contributed by atoms with Gasteiger partial charge in [-0.3, -0.25) is 4.99 Å². The zero-order valence-electron chi connectivity index (χ0n) is 19.4. The van der Waals surface area contributed by atoms with E-state index in [1.807, 2.05) is 46.4 Å². The van der Waals surface area contributed by atoms with Crippen LogP contribution in [0.1, 0.15) is 54.4 Å². The normalized spacial score (nSPS) is 21.5. The summed E-state index contributed by atoms with van der Waals surface area (Å²) in [5.41, 5.74) is 5.21. The van der Waals surface area contributed by atoms with Crippen molar-refractivity contribution in [3.63, 3.8) is 0 Å². The van der Waals surface area contributed by atoms with Gasteiger partial charge in [0.15, 0.2) is 5.96 Å². The molecule has 0 aromatic rings. The summed E-state index contributed by atoms with van der Waals surface area (Å²) < 4.78 is 10.9. The number of nitrogens with zero attached hydrogens (tertiary/aromatic N) is 4. The molecular formula is C21H39N5O4. The molecule has 1 atom stereocenters. The molecule has 30 heavy (non-hydrogen) atoms. The predicted molar refractivity (Wildman–Crippen MR) is 116 cm³/mol. The SMILES string of the molecule is CC(C)(C)OC(=O)N1CCN(C(N)=NCC2CCCN(C(=O)OC(C)(C)C)C2)CC1. The minimum atomic E-state index is -0.498. The van der Waals surface area contributed by atoms with Gasteiger partial charge in [-0.1, -0.05) is 0 Å². The fourth-order valence-electron chi connectivity index (χ4n) is 3.47. The molecule has 2 rings (SSSR count). The Labute approximate surface area is 180 Å². The van der Waals surface area contributed by atoms with Crippen LogP contribution in [0.2, 0.25) is 0 Å². The molecule has 0 aliphatic carbocycles. The fourth-order valence-corrected chi connectivity index (χ4v) is 3.47. The number of guanidine groups is 1. The first-order valence-electron chi connectivity index (χ1n) is 10.8. The van der Waals surface area contributed by atoms with Crippen LogP contribution in [-0.4, -0.2) is 89.9 Å². The van der Waals surface area contributed by atoms with Crippen molar-refractivity contribution in [3.05, 3.63) is 0 Å². The summed E-state index contributed by atoms with van der Waals surface area (Å²) in [7, 11) is 0. The number of carbonyl (C=O) groups is 2. The maximum absolute atomic E-state index is 12.3. The molecule has 2 aliphatic heterocycles. The number of piperidine rings is 1. The van der Waals surface area contributed by atoms with Gasteiger partial charge in [0.2, 0.25) is 0 Å². The molecule has 2 heterocycles. The Bertz CT molecular complexity index is 630. The summed E-state index contributed by atoms with van der Waals surface area (Å²) in [6.45, 7) is 15.5. The van der Waals surface area contributed by atoms with E-state index in [4.69, 9.17) is 15.2 Å². The van der Waals surface area contributed by atoms with Crippen molar-refractivity contribution in [1.82, 2.24) is 14.7 Å². The molecule has 2 aliphatic rings. The van der Waals surface area contributed by atoms with Crippen LogP contribution in [0, 0.1) is 5.92 Å². The average molecular weight is 426 g/mol. The van der Waals surface area contributed by atoms with E-state index in [-0.39, 0.29) is 18.1 Å². The lowest BCUT2D eigenvalue weighted by Gasteiger charge is -2.36. The van der Waals surface area contributed by atoms with Crippen molar-refractivity contribution < 1.29 is 19.1 Å². The molecule has 2 fully saturated rings. The molecular weight excluding hydrogens is 386 g/mol. The Hall–Kier alpha value is -2.19. The van der Waals surface area contributed by atoms with E-state index in [9.17, 15) is 9.59 Å². The smallest absolute Gasteiger partial charge is 0.410 e. The Balaban J connectivity index is 1.80. The number of hydrogen-bond acceptors (Lipinski definition) is 5. The topological polar surface area (TPSA) is 101 Å². The molecule has 2 saturated heterocycles. The molecule has 2 amide bonds. The van der Waals surface area contributed by atoms with Crippen molar-refractivity contribution in [2.45, 2.75) is 65.6 Å². The minimum Gasteiger partial charge on any atom is -0.444 e. The zero-order chi connectivity index (χ0) is 22.5. The molecule has 0 aromatic carbocycles. The van der Waals surface area contributed by atoms with Gasteiger partial charge in [-0.25, -0.2) is 9.59 Å². The van der Waals surface area contributed by atoms with Crippen LogP contribution < -0.4 is 5.73 Å². The van der Waals surface area contributed by atoms with E-state index in [0.29, 0.717) is 45.2 Å². The van der Waals surface area contributed by atoms with Gasteiger partial charge in [-0.2, -0.15) is 0 Å². The maximum atomic E-state index is 12.3. The molecule has 1 unspecified atom stereocenters. The van der Waals surface area contributed by atoms with Crippen LogP contribution in [0.4, 0.5) is 9.59 Å². The Morgan fingerprint density at radius 3 is 1.90 bits per heavy atom. The summed E-state index contributed by atoms with van der Waals surface area (Å²) in [6, 6.07) is 0. The second kappa shape index (κ2) is 9.75. The molecule has 9 heteroatoms. The lowest BCUT2D eigenvalue weighted by Crippen LogP contribution is -2.53. The summed E-state index contributed by atoms with van der Waals surface area (Å²) in [6.07, 6.45) is 1.40. The van der Waals surface area contributed by atoms with Crippen LogP contribution >= 0.6 is 0 Å². The molecule has 0 radical (unpaired) electrons. The zero-order valence-corrected chi connectivity index (χ0v) is 19.4. The van der Waals surface area contributed by atoms with Gasteiger partial charge in [0.25, 0.3) is 0 Å². The lowest BCUT2D eigenvalue weighted by atomic mass is 9.98. The number of ether oxygens (including phenoxy) is 2. The van der Waals surface area contributed by atoms with E-state index < -0.39 is 11.2 Å². The third-order valence-corrected chi connectivity index (χ3v) is 4.94. The van der Waals surface area contributed by atoms with Crippen LogP contribution in [0.25, 0.3) is 0 Å². The lowest BCUT2D eigenvalue weighted by molar-refractivity contribution is 0.0163. The van der Waals surface area contributed by atoms with Gasteiger partial charge in [-0.05, 0) is 60.3 Å². The van der Waals surface area contributed by atoms with Gasteiger partial charge < -0.3 is 29.9 Å². The van der Waals surface area contributed by atoms with E-state index in [1.165, 1.54) is 0 Å². The molecule has 172 valence electrons. The first-order valence-corrected chi connectivity index (χ1v) is 10.8. The molecule has 0 saturated carbocycles. The third-order valence-electron chi connectivity index (χ3n) is 4.94. The summed E-state index contributed by atoms with van der Waals surface area (Å²) in [5.74, 6) is 0.765. The van der Waals surface area contributed by atoms with E-state index in [2.05, 4.69) is 4.99 Å². The summed E-state index contributed by atoms with van der Waals surface area (Å²) >= 11 is 0. The van der Waals surface area contributed by atoms with Gasteiger partial charge in [0.05, 0.1) is 0 Å². The van der Waals surface area contributed by atoms with Crippen LogP contribution in [-0.2, 0) is 9.47 Å². The first-order chi connectivity index (χ1) is 13.8. The number of nitrogens with two attached hydrogens (primary N) is 1. The Kier molecular flexibility index (Phi) is 7.82. The van der Waals surface area contributed by atoms with Crippen molar-refractivity contribution in [2.24, 2.45) is 16.6 Å². The highest BCUT2D eigenvalue weighted by Gasteiger charge is 2.29. The number of piperazine rings is 1. The number of rotatable bonds is 2. The quantitative estimate of drug-likeness (QED) is 0.539. The monoisotopic (exact) mass is 425 g/mol. The number of amides is 2. The van der Waals surface area contributed by atoms with E-state index in [1.54, 1.807) is 9.80 Å². The van der Waals surface area contributed by atoms with Gasteiger partial charge in [0.1, 0.15) is 11.2 Å². The predicted octanol–water partition coefficient (Wildman–Crippen LogP) is 2.50. The molecule has 0 bridgehead atoms. The summed E-state index contributed by atoms with van der Waals surface area (Å²) in [5, 5.41) is 0. The van der Waals surface area contributed by atoms with Gasteiger partial charge in [0, 0.05) is 45.8 Å². The second-order valence-corrected chi connectivity index (χ2v) is 10.1. The number of carbonyl (C=O) groups excluding carboxylic acids is 2. The molecule has 0 aromatic heterocycles. The fraction of sp³-hybridized carbons (Fsp3) is 0.857. The first kappa shape index (κ1) is 24.1. The Morgan fingerprint density at radius 1 is 0.867 bits per heavy atom. The van der Waals surface area contributed by atoms with Gasteiger partial charge in [-0.15, -0.1) is 0 Å². The highest BCUT2D eigenvalue weighted by Crippen LogP contribution is 2.20. The number of hydrogen-bond donors (Lipinski definition) is 1. The van der Waals surface area contributed by atoms with E-state index in [0.717, 1.165) is 19.4 Å². The van der Waals surface area contributed by atoms with Gasteiger partial charge >= 0.3 is 12.2 Å². The second-order valence-electron chi connectivity index (χ2n) is 10.1. The highest BCUT2D eigenvalue weighted by molar-refractivity contribution is 5.78.